The first-order valence-corrected chi connectivity index (χ1v) is 28.4. The van der Waals surface area contributed by atoms with Crippen molar-refractivity contribution in [2.75, 3.05) is 0 Å². The number of nitriles is 1. The second kappa shape index (κ2) is 18.1. The monoisotopic (exact) mass is 1050 g/mol. The average Bonchev–Trinajstić information content (AvgIpc) is 4.17. The molecule has 0 aliphatic carbocycles. The summed E-state index contributed by atoms with van der Waals surface area (Å²) in [5.74, 6) is 0. The number of fused-ring (bicyclic) bond motifs is 14. The Morgan fingerprint density at radius 1 is 0.362 bits per heavy atom. The van der Waals surface area contributed by atoms with E-state index in [1.165, 1.54) is 20.2 Å². The Morgan fingerprint density at radius 3 is 1.39 bits per heavy atom. The largest absolute Gasteiger partial charge is 0.318 e. The Kier molecular flexibility index (Phi) is 10.4. The topological polar surface area (TPSA) is 38.0 Å². The van der Waals surface area contributed by atoms with Crippen molar-refractivity contribution in [1.29, 1.82) is 5.26 Å². The maximum Gasteiger partial charge on any atom is 0.220 e. The standard InChI is InChI=1S/C74H42N4S2/c1-76-68-65(51-41-49(45-22-6-2-7-23-45)40-50(42-51)46-24-8-3-9-25-46)60(44-75)69(66(48-28-12-5-13-29-48)71(68)77-61-34-18-14-30-52(61)53-31-15-19-35-62(53)77)78-70-57(39-38-56-54-32-16-20-36-63(54)79-73(56)70)67-58(47-26-10-4-11-27-47)43-59-55-33-17-21-37-64(55)80-74(59)72(67)78/h2-43H. The summed E-state index contributed by atoms with van der Waals surface area (Å²) in [6.45, 7) is 9.73. The van der Waals surface area contributed by atoms with Crippen molar-refractivity contribution in [3.8, 4) is 73.1 Å². The van der Waals surface area contributed by atoms with Gasteiger partial charge in [-0.3, -0.25) is 0 Å². The van der Waals surface area contributed by atoms with Crippen molar-refractivity contribution < 1.29 is 0 Å². The molecule has 0 atom stereocenters. The minimum absolute atomic E-state index is 0.393. The molecule has 4 heterocycles. The van der Waals surface area contributed by atoms with E-state index in [2.05, 4.69) is 252 Å². The van der Waals surface area contributed by atoms with E-state index in [9.17, 15) is 11.8 Å². The minimum atomic E-state index is 0.393. The zero-order chi connectivity index (χ0) is 53.0. The Hall–Kier alpha value is -10.3. The summed E-state index contributed by atoms with van der Waals surface area (Å²) in [6.07, 6.45) is 0. The van der Waals surface area contributed by atoms with Crippen LogP contribution in [-0.2, 0) is 0 Å². The summed E-state index contributed by atoms with van der Waals surface area (Å²) < 4.78 is 9.43. The van der Waals surface area contributed by atoms with Gasteiger partial charge in [-0.25, -0.2) is 4.85 Å². The molecule has 0 saturated carbocycles. The number of benzene rings is 12. The van der Waals surface area contributed by atoms with Gasteiger partial charge in [0.25, 0.3) is 0 Å². The quantitative estimate of drug-likeness (QED) is 0.147. The number of hydrogen-bond acceptors (Lipinski definition) is 3. The molecule has 4 nitrogen and oxygen atoms in total. The number of hydrogen-bond donors (Lipinski definition) is 0. The molecule has 12 aromatic carbocycles. The Balaban J connectivity index is 1.22. The van der Waals surface area contributed by atoms with Crippen LogP contribution < -0.4 is 0 Å². The molecule has 0 bridgehead atoms. The van der Waals surface area contributed by atoms with Gasteiger partial charge in [-0.15, -0.1) is 22.7 Å². The van der Waals surface area contributed by atoms with Gasteiger partial charge in [0.15, 0.2) is 0 Å². The van der Waals surface area contributed by atoms with Crippen LogP contribution in [-0.4, -0.2) is 9.13 Å². The number of nitrogens with zero attached hydrogens (tertiary/aromatic N) is 4. The van der Waals surface area contributed by atoms with E-state index < -0.39 is 0 Å². The Morgan fingerprint density at radius 2 is 0.825 bits per heavy atom. The van der Waals surface area contributed by atoms with Gasteiger partial charge >= 0.3 is 0 Å². The van der Waals surface area contributed by atoms with Crippen LogP contribution in [0.4, 0.5) is 5.69 Å². The molecule has 0 aliphatic rings. The molecule has 0 spiro atoms. The lowest BCUT2D eigenvalue weighted by Crippen LogP contribution is -2.09. The maximum atomic E-state index is 12.8. The summed E-state index contributed by atoms with van der Waals surface area (Å²) in [5.41, 5.74) is 15.5. The van der Waals surface area contributed by atoms with Gasteiger partial charge in [-0.2, -0.15) is 5.26 Å². The zero-order valence-corrected chi connectivity index (χ0v) is 44.5. The molecule has 0 fully saturated rings. The normalized spacial score (nSPS) is 11.7. The molecule has 4 aromatic heterocycles. The second-order valence-electron chi connectivity index (χ2n) is 20.4. The molecule has 0 N–H and O–H groups in total. The number of thiophene rings is 2. The molecule has 0 amide bonds. The van der Waals surface area contributed by atoms with Crippen LogP contribution in [0.25, 0.3) is 156 Å². The minimum Gasteiger partial charge on any atom is -0.318 e. The lowest BCUT2D eigenvalue weighted by molar-refractivity contribution is 1.14. The van der Waals surface area contributed by atoms with Crippen LogP contribution in [0, 0.1) is 17.9 Å². The first kappa shape index (κ1) is 45.8. The van der Waals surface area contributed by atoms with Crippen LogP contribution in [0.1, 0.15) is 5.56 Å². The highest BCUT2D eigenvalue weighted by Gasteiger charge is 2.34. The number of rotatable bonds is 7. The van der Waals surface area contributed by atoms with E-state index in [1.54, 1.807) is 22.7 Å². The van der Waals surface area contributed by atoms with Crippen LogP contribution in [0.15, 0.2) is 255 Å². The van der Waals surface area contributed by atoms with Gasteiger partial charge in [-0.05, 0) is 93.0 Å². The molecule has 0 saturated heterocycles. The number of para-hydroxylation sites is 2. The fourth-order valence-electron chi connectivity index (χ4n) is 12.8. The Bertz CT molecular complexity index is 5190. The SMILES string of the molecule is [C-]#[N+]c1c(-c2cc(-c3ccccc3)cc(-c3ccccc3)c2)c(C#N)c(-n2c3c(ccc4c5ccccc5sc43)c3c(-c4ccccc4)cc4c5ccccc5sc4c32)c(-c2ccccc2)c1-n1c2ccccc2c2ccccc21. The van der Waals surface area contributed by atoms with Crippen molar-refractivity contribution in [1.82, 2.24) is 9.13 Å². The molecule has 80 heavy (non-hydrogen) atoms. The first-order valence-electron chi connectivity index (χ1n) is 26.8. The highest BCUT2D eigenvalue weighted by Crippen LogP contribution is 2.56. The van der Waals surface area contributed by atoms with Crippen LogP contribution in [0.3, 0.4) is 0 Å². The van der Waals surface area contributed by atoms with E-state index in [-0.39, 0.29) is 0 Å². The van der Waals surface area contributed by atoms with E-state index in [1.807, 2.05) is 18.2 Å². The summed E-state index contributed by atoms with van der Waals surface area (Å²) >= 11 is 3.61. The van der Waals surface area contributed by atoms with E-state index in [4.69, 9.17) is 4.85 Å². The molecule has 16 aromatic rings. The first-order chi connectivity index (χ1) is 39.6. The molecular weight excluding hydrogens is 1010 g/mol. The second-order valence-corrected chi connectivity index (χ2v) is 22.5. The van der Waals surface area contributed by atoms with Gasteiger partial charge in [0.05, 0.1) is 55.0 Å². The lowest BCUT2D eigenvalue weighted by atomic mass is 9.86. The molecule has 6 heteroatoms. The highest BCUT2D eigenvalue weighted by molar-refractivity contribution is 7.27. The van der Waals surface area contributed by atoms with Gasteiger partial charge in [0, 0.05) is 63.6 Å². The van der Waals surface area contributed by atoms with Crippen molar-refractivity contribution in [3.63, 3.8) is 0 Å². The van der Waals surface area contributed by atoms with Gasteiger partial charge in [-0.1, -0.05) is 206 Å². The molecular formula is C74H42N4S2. The summed E-state index contributed by atoms with van der Waals surface area (Å²) in [7, 11) is 0. The van der Waals surface area contributed by atoms with Crippen LogP contribution >= 0.6 is 22.7 Å². The molecule has 16 rings (SSSR count). The third-order valence-corrected chi connectivity index (χ3v) is 18.5. The Labute approximate surface area is 468 Å². The lowest BCUT2D eigenvalue weighted by Gasteiger charge is -2.26. The summed E-state index contributed by atoms with van der Waals surface area (Å²) in [5, 5.41) is 21.8. The smallest absolute Gasteiger partial charge is 0.220 e. The number of aromatic nitrogens is 2. The third kappa shape index (κ3) is 6.77. The predicted molar refractivity (Wildman–Crippen MR) is 339 cm³/mol. The van der Waals surface area contributed by atoms with Crippen molar-refractivity contribution >= 4 is 112 Å². The van der Waals surface area contributed by atoms with Gasteiger partial charge in [0.2, 0.25) is 5.69 Å². The summed E-state index contributed by atoms with van der Waals surface area (Å²) in [4.78, 5) is 4.75. The van der Waals surface area contributed by atoms with Gasteiger partial charge < -0.3 is 9.13 Å². The van der Waals surface area contributed by atoms with E-state index in [0.717, 1.165) is 120 Å². The molecule has 370 valence electrons. The van der Waals surface area contributed by atoms with E-state index >= 15 is 0 Å². The molecule has 0 unspecified atom stereocenters. The zero-order valence-electron chi connectivity index (χ0n) is 42.9. The fourth-order valence-corrected chi connectivity index (χ4v) is 15.2. The van der Waals surface area contributed by atoms with Crippen molar-refractivity contribution in [2.24, 2.45) is 0 Å². The van der Waals surface area contributed by atoms with Crippen LogP contribution in [0.2, 0.25) is 0 Å². The highest BCUT2D eigenvalue weighted by atomic mass is 32.1. The van der Waals surface area contributed by atoms with Gasteiger partial charge in [0.1, 0.15) is 6.07 Å². The molecule has 0 radical (unpaired) electrons. The van der Waals surface area contributed by atoms with E-state index in [0.29, 0.717) is 22.5 Å². The van der Waals surface area contributed by atoms with Crippen molar-refractivity contribution in [3.05, 3.63) is 272 Å². The average molecular weight is 1050 g/mol. The third-order valence-electron chi connectivity index (χ3n) is 16.1. The maximum absolute atomic E-state index is 12.8. The predicted octanol–water partition coefficient (Wildman–Crippen LogP) is 21.4. The van der Waals surface area contributed by atoms with Crippen LogP contribution in [0.5, 0.6) is 0 Å². The molecule has 0 aliphatic heterocycles. The summed E-state index contributed by atoms with van der Waals surface area (Å²) in [6, 6.07) is 93.4. The fraction of sp³-hybridized carbons (Fsp3) is 0. The van der Waals surface area contributed by atoms with Crippen molar-refractivity contribution in [2.45, 2.75) is 0 Å².